The maximum Gasteiger partial charge on any atom is 0.375 e. The molecule has 5 nitrogen and oxygen atoms in total. The molecule has 0 aliphatic rings. The molecule has 3 aromatic rings. The number of benzene rings is 2. The zero-order valence-corrected chi connectivity index (χ0v) is 16.5. The van der Waals surface area contributed by atoms with Crippen LogP contribution in [0.1, 0.15) is 27.2 Å². The van der Waals surface area contributed by atoms with Gasteiger partial charge in [0.2, 0.25) is 5.76 Å². The molecule has 140 valence electrons. The van der Waals surface area contributed by atoms with Crippen LogP contribution in [0.2, 0.25) is 10.0 Å². The van der Waals surface area contributed by atoms with Crippen LogP contribution in [-0.4, -0.2) is 18.5 Å². The van der Waals surface area contributed by atoms with Gasteiger partial charge in [-0.15, -0.1) is 0 Å². The van der Waals surface area contributed by atoms with Crippen molar-refractivity contribution in [3.05, 3.63) is 62.8 Å². The normalized spacial score (nSPS) is 10.9. The minimum atomic E-state index is -0.721. The minimum absolute atomic E-state index is 0.0459. The van der Waals surface area contributed by atoms with Crippen LogP contribution >= 0.6 is 23.2 Å². The van der Waals surface area contributed by atoms with Gasteiger partial charge < -0.3 is 14.5 Å². The van der Waals surface area contributed by atoms with E-state index in [1.165, 1.54) is 0 Å². The van der Waals surface area contributed by atoms with Crippen molar-refractivity contribution in [1.29, 1.82) is 0 Å². The summed E-state index contributed by atoms with van der Waals surface area (Å²) < 4.78 is 10.6. The average Bonchev–Trinajstić information content (AvgIpc) is 2.92. The van der Waals surface area contributed by atoms with Gasteiger partial charge in [-0.05, 0) is 56.2 Å². The smallest absolute Gasteiger partial charge is 0.375 e. The van der Waals surface area contributed by atoms with E-state index in [4.69, 9.17) is 32.4 Å². The monoisotopic (exact) mass is 405 g/mol. The summed E-state index contributed by atoms with van der Waals surface area (Å²) in [5, 5.41) is 4.35. The number of ether oxygens (including phenoxy) is 1. The first-order valence-corrected chi connectivity index (χ1v) is 8.94. The number of fused-ring (bicyclic) bond motifs is 1. The average molecular weight is 406 g/mol. The molecule has 1 amide bonds. The molecule has 1 heterocycles. The number of hydrogen-bond donors (Lipinski definition) is 1. The van der Waals surface area contributed by atoms with Crippen LogP contribution in [0.5, 0.6) is 0 Å². The van der Waals surface area contributed by atoms with Crippen LogP contribution in [0.15, 0.2) is 34.7 Å². The molecule has 2 aromatic carbocycles. The van der Waals surface area contributed by atoms with Gasteiger partial charge in [0.1, 0.15) is 5.58 Å². The molecule has 0 bridgehead atoms. The van der Waals surface area contributed by atoms with Gasteiger partial charge in [-0.2, -0.15) is 0 Å². The van der Waals surface area contributed by atoms with E-state index in [-0.39, 0.29) is 5.76 Å². The lowest BCUT2D eigenvalue weighted by molar-refractivity contribution is -0.119. The number of rotatable bonds is 4. The van der Waals surface area contributed by atoms with Gasteiger partial charge in [0.25, 0.3) is 5.91 Å². The Bertz CT molecular complexity index is 1030. The quantitative estimate of drug-likeness (QED) is 0.585. The maximum absolute atomic E-state index is 12.3. The van der Waals surface area contributed by atoms with E-state index in [1.807, 2.05) is 19.9 Å². The number of anilines is 1. The third-order valence-corrected chi connectivity index (χ3v) is 4.65. The van der Waals surface area contributed by atoms with Crippen LogP contribution in [0.3, 0.4) is 0 Å². The Kier molecular flexibility index (Phi) is 5.44. The summed E-state index contributed by atoms with van der Waals surface area (Å²) in [5.41, 5.74) is 3.44. The SMILES string of the molecule is Cc1cc(C)c(NC(=O)COC(=O)c2oc3ccc(Cl)cc3c2C)c(Cl)c1. The lowest BCUT2D eigenvalue weighted by Crippen LogP contribution is -2.21. The first-order chi connectivity index (χ1) is 12.8. The Balaban J connectivity index is 1.69. The van der Waals surface area contributed by atoms with Gasteiger partial charge >= 0.3 is 5.97 Å². The number of furan rings is 1. The molecule has 0 fully saturated rings. The van der Waals surface area contributed by atoms with Crippen molar-refractivity contribution in [3.8, 4) is 0 Å². The molecular formula is C20H17Cl2NO4. The second kappa shape index (κ2) is 7.62. The zero-order chi connectivity index (χ0) is 19.7. The fraction of sp³-hybridized carbons (Fsp3) is 0.200. The van der Waals surface area contributed by atoms with Crippen molar-refractivity contribution in [1.82, 2.24) is 0 Å². The van der Waals surface area contributed by atoms with Crippen molar-refractivity contribution in [2.24, 2.45) is 0 Å². The highest BCUT2D eigenvalue weighted by atomic mass is 35.5. The molecule has 27 heavy (non-hydrogen) atoms. The Morgan fingerprint density at radius 3 is 2.56 bits per heavy atom. The number of carbonyl (C=O) groups excluding carboxylic acids is 2. The highest BCUT2D eigenvalue weighted by Crippen LogP contribution is 2.29. The van der Waals surface area contributed by atoms with Gasteiger partial charge in [0.05, 0.1) is 10.7 Å². The highest BCUT2D eigenvalue weighted by molar-refractivity contribution is 6.34. The molecule has 0 aliphatic heterocycles. The van der Waals surface area contributed by atoms with Gasteiger partial charge in [0, 0.05) is 16.0 Å². The van der Waals surface area contributed by atoms with Crippen molar-refractivity contribution >= 4 is 51.7 Å². The molecule has 0 spiro atoms. The minimum Gasteiger partial charge on any atom is -0.450 e. The Labute approximate surface area is 166 Å². The van der Waals surface area contributed by atoms with Crippen LogP contribution in [0.25, 0.3) is 11.0 Å². The van der Waals surface area contributed by atoms with Crippen LogP contribution in [0, 0.1) is 20.8 Å². The number of nitrogens with one attached hydrogen (secondary N) is 1. The van der Waals surface area contributed by atoms with E-state index in [2.05, 4.69) is 5.32 Å². The van der Waals surface area contributed by atoms with Gasteiger partial charge in [-0.3, -0.25) is 4.79 Å². The maximum atomic E-state index is 12.3. The number of carbonyl (C=O) groups is 2. The standard InChI is InChI=1S/C20H17Cl2NO4/c1-10-6-11(2)18(15(22)7-10)23-17(24)9-26-20(25)19-12(3)14-8-13(21)4-5-16(14)27-19/h4-8H,9H2,1-3H3,(H,23,24). The molecule has 0 saturated carbocycles. The molecule has 3 rings (SSSR count). The number of aryl methyl sites for hydroxylation is 3. The van der Waals surface area contributed by atoms with E-state index in [9.17, 15) is 9.59 Å². The van der Waals surface area contributed by atoms with Crippen molar-refractivity contribution in [2.75, 3.05) is 11.9 Å². The van der Waals surface area contributed by atoms with Gasteiger partial charge in [-0.1, -0.05) is 29.3 Å². The molecule has 1 N–H and O–H groups in total. The van der Waals surface area contributed by atoms with Crippen molar-refractivity contribution in [2.45, 2.75) is 20.8 Å². The summed E-state index contributed by atoms with van der Waals surface area (Å²) in [6.07, 6.45) is 0. The molecule has 0 aliphatic carbocycles. The topological polar surface area (TPSA) is 68.5 Å². The summed E-state index contributed by atoms with van der Waals surface area (Å²) in [5.74, 6) is -1.17. The van der Waals surface area contributed by atoms with Crippen LogP contribution in [0.4, 0.5) is 5.69 Å². The van der Waals surface area contributed by atoms with E-state index < -0.39 is 18.5 Å². The highest BCUT2D eigenvalue weighted by Gasteiger charge is 2.20. The first-order valence-electron chi connectivity index (χ1n) is 8.18. The van der Waals surface area contributed by atoms with Crippen LogP contribution in [-0.2, 0) is 9.53 Å². The largest absolute Gasteiger partial charge is 0.450 e. The van der Waals surface area contributed by atoms with E-state index >= 15 is 0 Å². The summed E-state index contributed by atoms with van der Waals surface area (Å²) in [7, 11) is 0. The molecular weight excluding hydrogens is 389 g/mol. The lowest BCUT2D eigenvalue weighted by atomic mass is 10.1. The Hall–Kier alpha value is -2.50. The number of halogens is 2. The first kappa shape index (κ1) is 19.3. The summed E-state index contributed by atoms with van der Waals surface area (Å²) >= 11 is 12.1. The second-order valence-electron chi connectivity index (χ2n) is 6.26. The van der Waals surface area contributed by atoms with E-state index in [0.717, 1.165) is 16.5 Å². The number of hydrogen-bond acceptors (Lipinski definition) is 4. The fourth-order valence-corrected chi connectivity index (χ4v) is 3.37. The third kappa shape index (κ3) is 4.10. The van der Waals surface area contributed by atoms with Crippen LogP contribution < -0.4 is 5.32 Å². The Morgan fingerprint density at radius 1 is 1.11 bits per heavy atom. The molecule has 0 saturated heterocycles. The zero-order valence-electron chi connectivity index (χ0n) is 15.0. The van der Waals surface area contributed by atoms with Crippen molar-refractivity contribution in [3.63, 3.8) is 0 Å². The molecule has 0 radical (unpaired) electrons. The summed E-state index contributed by atoms with van der Waals surface area (Å²) in [6.45, 7) is 5.02. The summed E-state index contributed by atoms with van der Waals surface area (Å²) in [4.78, 5) is 24.4. The van der Waals surface area contributed by atoms with Crippen molar-refractivity contribution < 1.29 is 18.7 Å². The lowest BCUT2D eigenvalue weighted by Gasteiger charge is -2.11. The molecule has 7 heteroatoms. The predicted molar refractivity (Wildman–Crippen MR) is 106 cm³/mol. The number of amides is 1. The molecule has 0 atom stereocenters. The summed E-state index contributed by atoms with van der Waals surface area (Å²) in [6, 6.07) is 8.70. The molecule has 0 unspecified atom stereocenters. The van der Waals surface area contributed by atoms with Gasteiger partial charge in [-0.25, -0.2) is 4.79 Å². The second-order valence-corrected chi connectivity index (χ2v) is 7.10. The van der Waals surface area contributed by atoms with E-state index in [0.29, 0.717) is 26.9 Å². The molecule has 1 aromatic heterocycles. The Morgan fingerprint density at radius 2 is 1.85 bits per heavy atom. The van der Waals surface area contributed by atoms with Gasteiger partial charge in [0.15, 0.2) is 6.61 Å². The predicted octanol–water partition coefficient (Wildman–Crippen LogP) is 5.46. The third-order valence-electron chi connectivity index (χ3n) is 4.11. The van der Waals surface area contributed by atoms with E-state index in [1.54, 1.807) is 31.2 Å². The fourth-order valence-electron chi connectivity index (χ4n) is 2.83. The number of esters is 1.